The predicted octanol–water partition coefficient (Wildman–Crippen LogP) is 5.40. The topological polar surface area (TPSA) is 72.4 Å². The third-order valence-electron chi connectivity index (χ3n) is 5.39. The number of aryl methyl sites for hydroxylation is 2. The molecule has 9 heteroatoms. The first-order valence-electron chi connectivity index (χ1n) is 9.66. The van der Waals surface area contributed by atoms with Crippen LogP contribution in [0.4, 0.5) is 18.9 Å². The van der Waals surface area contributed by atoms with Crippen LogP contribution in [0, 0.1) is 6.92 Å². The van der Waals surface area contributed by atoms with Crippen molar-refractivity contribution in [1.29, 1.82) is 0 Å². The molecule has 4 heterocycles. The zero-order valence-electron chi connectivity index (χ0n) is 16.4. The number of halogens is 3. The van der Waals surface area contributed by atoms with Gasteiger partial charge in [-0.05, 0) is 61.7 Å². The van der Waals surface area contributed by atoms with E-state index < -0.39 is 11.7 Å². The molecule has 1 amide bonds. The van der Waals surface area contributed by atoms with Crippen molar-refractivity contribution in [3.63, 3.8) is 0 Å². The fourth-order valence-corrected chi connectivity index (χ4v) is 3.94. The van der Waals surface area contributed by atoms with Crippen LogP contribution in [0.5, 0.6) is 0 Å². The first-order valence-corrected chi connectivity index (χ1v) is 9.66. The largest absolute Gasteiger partial charge is 0.463 e. The molecule has 0 atom stereocenters. The number of furan rings is 1. The minimum absolute atomic E-state index is 0.194. The van der Waals surface area contributed by atoms with Crippen LogP contribution in [0.15, 0.2) is 51.6 Å². The normalized spacial score (nSPS) is 14.1. The summed E-state index contributed by atoms with van der Waals surface area (Å²) in [5.74, 6) is 0.103. The van der Waals surface area contributed by atoms with E-state index >= 15 is 0 Å². The number of hydrogen-bond acceptors (Lipinski definition) is 5. The zero-order valence-corrected chi connectivity index (χ0v) is 16.4. The number of alkyl halides is 3. The van der Waals surface area contributed by atoms with Crippen molar-refractivity contribution in [2.45, 2.75) is 25.9 Å². The number of benzene rings is 1. The average molecular weight is 427 g/mol. The minimum Gasteiger partial charge on any atom is -0.463 e. The molecule has 0 radical (unpaired) electrons. The van der Waals surface area contributed by atoms with Gasteiger partial charge in [0.2, 0.25) is 0 Å². The quantitative estimate of drug-likeness (QED) is 0.428. The fraction of sp³-hybridized carbons (Fsp3) is 0.227. The Morgan fingerprint density at radius 2 is 2.03 bits per heavy atom. The zero-order chi connectivity index (χ0) is 21.8. The summed E-state index contributed by atoms with van der Waals surface area (Å²) in [4.78, 5) is 19.5. The van der Waals surface area contributed by atoms with Crippen molar-refractivity contribution < 1.29 is 26.9 Å². The van der Waals surface area contributed by atoms with Gasteiger partial charge in [0.25, 0.3) is 11.6 Å². The second-order valence-electron chi connectivity index (χ2n) is 7.38. The van der Waals surface area contributed by atoms with Crippen molar-refractivity contribution in [2.24, 2.45) is 0 Å². The Morgan fingerprint density at radius 3 is 2.77 bits per heavy atom. The van der Waals surface area contributed by atoms with Crippen LogP contribution in [0.1, 0.15) is 33.6 Å². The number of aromatic nitrogens is 2. The number of nitrogens with zero attached hydrogens (tertiary/aromatic N) is 3. The highest BCUT2D eigenvalue weighted by Crippen LogP contribution is 2.37. The molecule has 0 unspecified atom stereocenters. The highest BCUT2D eigenvalue weighted by Gasteiger charge is 2.33. The summed E-state index contributed by atoms with van der Waals surface area (Å²) in [5.41, 5.74) is 1.66. The van der Waals surface area contributed by atoms with Gasteiger partial charge in [-0.25, -0.2) is 4.98 Å². The SMILES string of the molecule is Cc1noc2nc(-c3ccco3)cc(C(=O)N3CCCc4cc(C(F)(F)F)ccc43)c12. The second-order valence-corrected chi connectivity index (χ2v) is 7.38. The van der Waals surface area contributed by atoms with Gasteiger partial charge in [-0.3, -0.25) is 4.79 Å². The molecule has 0 spiro atoms. The number of carbonyl (C=O) groups is 1. The number of rotatable bonds is 2. The first kappa shape index (κ1) is 19.3. The molecule has 6 nitrogen and oxygen atoms in total. The maximum Gasteiger partial charge on any atom is 0.416 e. The monoisotopic (exact) mass is 427 g/mol. The lowest BCUT2D eigenvalue weighted by molar-refractivity contribution is -0.137. The number of fused-ring (bicyclic) bond motifs is 2. The van der Waals surface area contributed by atoms with Gasteiger partial charge in [0.1, 0.15) is 5.69 Å². The summed E-state index contributed by atoms with van der Waals surface area (Å²) in [6.07, 6.45) is -1.91. The molecule has 3 aromatic heterocycles. The standard InChI is InChI=1S/C22H16F3N3O3/c1-12-19-15(11-16(18-5-3-9-30-18)26-20(19)31-27-12)21(29)28-8-2-4-13-10-14(22(23,24)25)6-7-17(13)28/h3,5-7,9-11H,2,4,8H2,1H3. The predicted molar refractivity (Wildman–Crippen MR) is 106 cm³/mol. The Bertz CT molecular complexity index is 1290. The van der Waals surface area contributed by atoms with E-state index in [9.17, 15) is 18.0 Å². The maximum atomic E-state index is 13.6. The van der Waals surface area contributed by atoms with Crippen molar-refractivity contribution in [3.05, 3.63) is 65.0 Å². The van der Waals surface area contributed by atoms with E-state index in [1.807, 2.05) is 0 Å². The summed E-state index contributed by atoms with van der Waals surface area (Å²) >= 11 is 0. The number of amides is 1. The van der Waals surface area contributed by atoms with Crippen LogP contribution < -0.4 is 4.90 Å². The van der Waals surface area contributed by atoms with E-state index in [0.29, 0.717) is 58.7 Å². The molecule has 0 N–H and O–H groups in total. The summed E-state index contributed by atoms with van der Waals surface area (Å²) in [5, 5.41) is 4.40. The van der Waals surface area contributed by atoms with Crippen molar-refractivity contribution in [1.82, 2.24) is 10.1 Å². The lowest BCUT2D eigenvalue weighted by Crippen LogP contribution is -2.35. The Hall–Kier alpha value is -3.62. The molecule has 0 saturated carbocycles. The Kier molecular flexibility index (Phi) is 4.35. The molecule has 5 rings (SSSR count). The number of pyridine rings is 1. The van der Waals surface area contributed by atoms with Crippen LogP contribution in [-0.4, -0.2) is 22.6 Å². The van der Waals surface area contributed by atoms with Crippen LogP contribution in [0.3, 0.4) is 0 Å². The molecule has 158 valence electrons. The fourth-order valence-electron chi connectivity index (χ4n) is 3.94. The molecule has 31 heavy (non-hydrogen) atoms. The summed E-state index contributed by atoms with van der Waals surface area (Å²) in [7, 11) is 0. The van der Waals surface area contributed by atoms with Crippen molar-refractivity contribution in [3.8, 4) is 11.5 Å². The molecular formula is C22H16F3N3O3. The van der Waals surface area contributed by atoms with Gasteiger partial charge in [-0.2, -0.15) is 13.2 Å². The Balaban J connectivity index is 1.62. The van der Waals surface area contributed by atoms with E-state index in [1.165, 1.54) is 17.2 Å². The minimum atomic E-state index is -4.43. The van der Waals surface area contributed by atoms with E-state index in [-0.39, 0.29) is 11.6 Å². The Labute approximate surface area is 174 Å². The van der Waals surface area contributed by atoms with E-state index in [0.717, 1.165) is 12.1 Å². The van der Waals surface area contributed by atoms with Gasteiger partial charge >= 0.3 is 6.18 Å². The second kappa shape index (κ2) is 6.97. The van der Waals surface area contributed by atoms with E-state index in [1.54, 1.807) is 25.1 Å². The van der Waals surface area contributed by atoms with Gasteiger partial charge < -0.3 is 13.8 Å². The highest BCUT2D eigenvalue weighted by molar-refractivity contribution is 6.14. The molecule has 1 aliphatic heterocycles. The van der Waals surface area contributed by atoms with E-state index in [2.05, 4.69) is 10.1 Å². The average Bonchev–Trinajstić information content (AvgIpc) is 3.41. The molecule has 0 saturated heterocycles. The first-order chi connectivity index (χ1) is 14.8. The third-order valence-corrected chi connectivity index (χ3v) is 5.39. The van der Waals surface area contributed by atoms with Gasteiger partial charge in [0.05, 0.1) is 28.5 Å². The molecular weight excluding hydrogens is 411 g/mol. The van der Waals surface area contributed by atoms with Gasteiger partial charge in [0, 0.05) is 12.2 Å². The molecule has 0 fully saturated rings. The molecule has 1 aromatic carbocycles. The summed E-state index contributed by atoms with van der Waals surface area (Å²) in [6, 6.07) is 8.50. The van der Waals surface area contributed by atoms with Gasteiger partial charge in [0.15, 0.2) is 5.76 Å². The molecule has 0 bridgehead atoms. The summed E-state index contributed by atoms with van der Waals surface area (Å²) < 4.78 is 50.1. The number of hydrogen-bond donors (Lipinski definition) is 0. The summed E-state index contributed by atoms with van der Waals surface area (Å²) in [6.45, 7) is 2.10. The third kappa shape index (κ3) is 3.26. The van der Waals surface area contributed by atoms with Crippen LogP contribution in [0.25, 0.3) is 22.6 Å². The van der Waals surface area contributed by atoms with Crippen LogP contribution in [0.2, 0.25) is 0 Å². The highest BCUT2D eigenvalue weighted by atomic mass is 19.4. The lowest BCUT2D eigenvalue weighted by atomic mass is 9.97. The van der Waals surface area contributed by atoms with Crippen LogP contribution >= 0.6 is 0 Å². The van der Waals surface area contributed by atoms with Crippen LogP contribution in [-0.2, 0) is 12.6 Å². The smallest absolute Gasteiger partial charge is 0.416 e. The number of carbonyl (C=O) groups excluding carboxylic acids is 1. The number of anilines is 1. The van der Waals surface area contributed by atoms with E-state index in [4.69, 9.17) is 8.94 Å². The molecule has 4 aromatic rings. The van der Waals surface area contributed by atoms with Gasteiger partial charge in [-0.15, -0.1) is 0 Å². The maximum absolute atomic E-state index is 13.6. The lowest BCUT2D eigenvalue weighted by Gasteiger charge is -2.30. The van der Waals surface area contributed by atoms with Gasteiger partial charge in [-0.1, -0.05) is 5.16 Å². The Morgan fingerprint density at radius 1 is 1.19 bits per heavy atom. The van der Waals surface area contributed by atoms with Crippen molar-refractivity contribution in [2.75, 3.05) is 11.4 Å². The molecule has 1 aliphatic rings. The molecule has 0 aliphatic carbocycles. The van der Waals surface area contributed by atoms with Crippen molar-refractivity contribution >= 4 is 22.7 Å².